The second-order valence-corrected chi connectivity index (χ2v) is 20.0. The van der Waals surface area contributed by atoms with Gasteiger partial charge in [0, 0.05) is 22.7 Å². The molecule has 4 nitrogen and oxygen atoms in total. The van der Waals surface area contributed by atoms with Gasteiger partial charge in [-0.15, -0.1) is 0 Å². The molecule has 0 saturated carbocycles. The molecule has 0 atom stereocenters. The van der Waals surface area contributed by atoms with Crippen molar-refractivity contribution < 1.29 is 0 Å². The SMILES string of the molecule is CC(C)(C)c1ccc2c(c1)N(c1ccc3ccccc3c1)/C(=C1\N(c3ccc4ccccc4c3)c3ccc(C(C)(C)C)cc3N1c1ccc3ccccc3c1)N2c1ccc2ccccc2c1. The number of hydrogen-bond donors (Lipinski definition) is 0. The highest BCUT2D eigenvalue weighted by atomic mass is 15.5. The van der Waals surface area contributed by atoms with Crippen LogP contribution < -0.4 is 19.6 Å². The first-order valence-electron chi connectivity index (χ1n) is 23.2. The van der Waals surface area contributed by atoms with Crippen LogP contribution in [0.2, 0.25) is 0 Å². The first-order valence-corrected chi connectivity index (χ1v) is 23.2. The lowest BCUT2D eigenvalue weighted by Gasteiger charge is -2.34. The molecule has 0 bridgehead atoms. The largest absolute Gasteiger partial charge is 0.291 e. The summed E-state index contributed by atoms with van der Waals surface area (Å²) in [7, 11) is 0. The van der Waals surface area contributed by atoms with Crippen LogP contribution in [0.3, 0.4) is 0 Å². The highest BCUT2D eigenvalue weighted by Gasteiger charge is 2.45. The van der Waals surface area contributed by atoms with E-state index in [1.807, 2.05) is 0 Å². The van der Waals surface area contributed by atoms with Gasteiger partial charge in [-0.3, -0.25) is 19.6 Å². The Morgan fingerprint density at radius 3 is 0.773 bits per heavy atom. The quantitative estimate of drug-likeness (QED) is 0.175. The van der Waals surface area contributed by atoms with Gasteiger partial charge in [0.15, 0.2) is 11.6 Å². The fourth-order valence-electron chi connectivity index (χ4n) is 10.1. The van der Waals surface area contributed by atoms with E-state index in [4.69, 9.17) is 0 Å². The monoisotopic (exact) mass is 852 g/mol. The van der Waals surface area contributed by atoms with Gasteiger partial charge in [0.1, 0.15) is 0 Å². The van der Waals surface area contributed by atoms with Gasteiger partial charge >= 0.3 is 0 Å². The Morgan fingerprint density at radius 2 is 0.500 bits per heavy atom. The maximum Gasteiger partial charge on any atom is 0.166 e. The predicted molar refractivity (Wildman–Crippen MR) is 282 cm³/mol. The Morgan fingerprint density at radius 1 is 0.242 bits per heavy atom. The Balaban J connectivity index is 1.26. The third-order valence-corrected chi connectivity index (χ3v) is 13.7. The molecule has 12 rings (SSSR count). The summed E-state index contributed by atoms with van der Waals surface area (Å²) in [6, 6.07) is 76.9. The van der Waals surface area contributed by atoms with E-state index in [0.717, 1.165) is 57.1 Å². The molecule has 10 aromatic carbocycles. The van der Waals surface area contributed by atoms with Crippen LogP contribution in [0.1, 0.15) is 52.7 Å². The Labute approximate surface area is 387 Å². The molecular weight excluding hydrogens is 801 g/mol. The van der Waals surface area contributed by atoms with Crippen LogP contribution in [-0.4, -0.2) is 0 Å². The Kier molecular flexibility index (Phi) is 8.95. The van der Waals surface area contributed by atoms with Gasteiger partial charge in [0.25, 0.3) is 0 Å². The molecule has 0 aliphatic carbocycles. The summed E-state index contributed by atoms with van der Waals surface area (Å²) >= 11 is 0. The minimum absolute atomic E-state index is 0.0883. The highest BCUT2D eigenvalue weighted by Crippen LogP contribution is 2.58. The van der Waals surface area contributed by atoms with Gasteiger partial charge in [0.2, 0.25) is 0 Å². The third kappa shape index (κ3) is 6.50. The minimum atomic E-state index is -0.0883. The maximum atomic E-state index is 2.54. The standard InChI is InChI=1S/C62H52N4/c1-61(2,3)49-27-33-55-57(39-49)65(53-31-25-43-17-9-13-21-47(43)37-53)59(63(55)51-29-23-41-15-7-11-19-45(41)35-51)60-64(52-30-24-42-16-8-12-20-46(42)36-52)56-34-28-50(62(4,5)6)40-58(56)66(60)54-32-26-44-18-10-14-22-48(44)38-54/h7-40H,1-6H3/b60-59+. The van der Waals surface area contributed by atoms with Crippen LogP contribution in [0, 0.1) is 0 Å². The molecule has 0 spiro atoms. The molecule has 2 aliphatic rings. The van der Waals surface area contributed by atoms with Gasteiger partial charge in [-0.05, 0) is 138 Å². The zero-order chi connectivity index (χ0) is 44.9. The molecular formula is C62H52N4. The molecule has 0 N–H and O–H groups in total. The molecule has 2 aliphatic heterocycles. The van der Waals surface area contributed by atoms with Gasteiger partial charge < -0.3 is 0 Å². The molecule has 0 aromatic heterocycles. The first-order chi connectivity index (χ1) is 32.0. The van der Waals surface area contributed by atoms with Crippen LogP contribution in [0.25, 0.3) is 43.1 Å². The van der Waals surface area contributed by atoms with E-state index in [1.54, 1.807) is 0 Å². The summed E-state index contributed by atoms with van der Waals surface area (Å²) < 4.78 is 0. The van der Waals surface area contributed by atoms with E-state index in [2.05, 4.69) is 267 Å². The lowest BCUT2D eigenvalue weighted by atomic mass is 9.86. The van der Waals surface area contributed by atoms with Crippen molar-refractivity contribution >= 4 is 88.6 Å². The number of hydrogen-bond acceptors (Lipinski definition) is 4. The number of anilines is 8. The molecule has 0 saturated heterocycles. The zero-order valence-corrected chi connectivity index (χ0v) is 38.4. The second-order valence-electron chi connectivity index (χ2n) is 20.0. The molecule has 66 heavy (non-hydrogen) atoms. The molecule has 10 aromatic rings. The van der Waals surface area contributed by atoms with E-state index in [0.29, 0.717) is 0 Å². The summed E-state index contributed by atoms with van der Waals surface area (Å²) in [4.78, 5) is 10.1. The number of rotatable bonds is 4. The van der Waals surface area contributed by atoms with Crippen molar-refractivity contribution in [3.8, 4) is 0 Å². The van der Waals surface area contributed by atoms with Crippen molar-refractivity contribution in [2.45, 2.75) is 52.4 Å². The first kappa shape index (κ1) is 39.7. The Bertz CT molecular complexity index is 3370. The number of nitrogens with zero attached hydrogens (tertiary/aromatic N) is 4. The van der Waals surface area contributed by atoms with Gasteiger partial charge in [-0.1, -0.05) is 175 Å². The van der Waals surface area contributed by atoms with Crippen molar-refractivity contribution in [2.75, 3.05) is 19.6 Å². The molecule has 0 radical (unpaired) electrons. The summed E-state index contributed by atoms with van der Waals surface area (Å²) in [6.07, 6.45) is 0. The van der Waals surface area contributed by atoms with Gasteiger partial charge in [-0.25, -0.2) is 0 Å². The highest BCUT2D eigenvalue weighted by molar-refractivity contribution is 6.04. The fraction of sp³-hybridized carbons (Fsp3) is 0.129. The number of benzene rings is 10. The molecule has 0 amide bonds. The molecule has 4 heteroatoms. The lowest BCUT2D eigenvalue weighted by molar-refractivity contribution is 0.590. The molecule has 0 fully saturated rings. The third-order valence-electron chi connectivity index (χ3n) is 13.7. The smallest absolute Gasteiger partial charge is 0.166 e. The maximum absolute atomic E-state index is 2.54. The average Bonchev–Trinajstić information content (AvgIpc) is 3.85. The average molecular weight is 853 g/mol. The van der Waals surface area contributed by atoms with Crippen molar-refractivity contribution in [3.05, 3.63) is 229 Å². The summed E-state index contributed by atoms with van der Waals surface area (Å²) in [5, 5.41) is 9.62. The summed E-state index contributed by atoms with van der Waals surface area (Å²) in [5.74, 6) is 2.08. The van der Waals surface area contributed by atoms with Crippen LogP contribution >= 0.6 is 0 Å². The van der Waals surface area contributed by atoms with Crippen LogP contribution in [-0.2, 0) is 10.8 Å². The lowest BCUT2D eigenvalue weighted by Crippen LogP contribution is -2.33. The topological polar surface area (TPSA) is 13.0 Å². The molecule has 2 heterocycles. The summed E-state index contributed by atoms with van der Waals surface area (Å²) in [5.41, 5.74) is 11.3. The van der Waals surface area contributed by atoms with Gasteiger partial charge in [0.05, 0.1) is 22.7 Å². The van der Waals surface area contributed by atoms with Crippen molar-refractivity contribution in [2.24, 2.45) is 0 Å². The van der Waals surface area contributed by atoms with E-state index < -0.39 is 0 Å². The normalized spacial score (nSPS) is 15.1. The summed E-state index contributed by atoms with van der Waals surface area (Å²) in [6.45, 7) is 13.9. The van der Waals surface area contributed by atoms with Crippen LogP contribution in [0.5, 0.6) is 0 Å². The van der Waals surface area contributed by atoms with Crippen molar-refractivity contribution in [1.82, 2.24) is 0 Å². The fourth-order valence-corrected chi connectivity index (χ4v) is 10.1. The van der Waals surface area contributed by atoms with Gasteiger partial charge in [-0.2, -0.15) is 0 Å². The predicted octanol–water partition coefficient (Wildman–Crippen LogP) is 17.3. The second kappa shape index (κ2) is 14.9. The van der Waals surface area contributed by atoms with E-state index >= 15 is 0 Å². The van der Waals surface area contributed by atoms with Crippen molar-refractivity contribution in [3.63, 3.8) is 0 Å². The van der Waals surface area contributed by atoms with E-state index in [1.165, 1.54) is 54.2 Å². The molecule has 0 unspecified atom stereocenters. The molecule has 320 valence electrons. The number of fused-ring (bicyclic) bond motifs is 6. The van der Waals surface area contributed by atoms with E-state index in [9.17, 15) is 0 Å². The van der Waals surface area contributed by atoms with Crippen LogP contribution in [0.4, 0.5) is 45.5 Å². The Hall–Kier alpha value is -7.82. The minimum Gasteiger partial charge on any atom is -0.291 e. The van der Waals surface area contributed by atoms with Crippen molar-refractivity contribution in [1.29, 1.82) is 0 Å². The van der Waals surface area contributed by atoms with E-state index in [-0.39, 0.29) is 10.8 Å². The zero-order valence-electron chi connectivity index (χ0n) is 38.4. The van der Waals surface area contributed by atoms with Crippen LogP contribution in [0.15, 0.2) is 218 Å².